The molecule has 20 heavy (non-hydrogen) atoms. The van der Waals surface area contributed by atoms with E-state index < -0.39 is 0 Å². The Hall–Kier alpha value is -1.94. The second-order valence-corrected chi connectivity index (χ2v) is 6.65. The Kier molecular flexibility index (Phi) is 2.54. The molecule has 2 aromatic heterocycles. The van der Waals surface area contributed by atoms with Crippen molar-refractivity contribution in [3.05, 3.63) is 52.2 Å². The van der Waals surface area contributed by atoms with Crippen LogP contribution in [0, 0.1) is 6.92 Å². The topological polar surface area (TPSA) is 51.8 Å². The third-order valence-electron chi connectivity index (χ3n) is 3.98. The van der Waals surface area contributed by atoms with Crippen LogP contribution in [0.3, 0.4) is 0 Å². The highest BCUT2D eigenvalue weighted by atomic mass is 32.1. The van der Waals surface area contributed by atoms with E-state index in [0.717, 1.165) is 28.9 Å². The predicted molar refractivity (Wildman–Crippen MR) is 83.2 cm³/mol. The average molecular weight is 281 g/mol. The minimum atomic E-state index is 0.363. The molecule has 0 fully saturated rings. The van der Waals surface area contributed by atoms with E-state index in [1.807, 2.05) is 0 Å². The second-order valence-electron chi connectivity index (χ2n) is 5.42. The molecule has 0 saturated carbocycles. The van der Waals surface area contributed by atoms with Crippen molar-refractivity contribution >= 4 is 27.4 Å². The summed E-state index contributed by atoms with van der Waals surface area (Å²) in [6, 6.07) is 10.7. The maximum Gasteiger partial charge on any atom is 0.136 e. The Morgan fingerprint density at radius 3 is 2.55 bits per heavy atom. The van der Waals surface area contributed by atoms with Crippen molar-refractivity contribution in [1.82, 2.24) is 9.97 Å². The summed E-state index contributed by atoms with van der Waals surface area (Å²) in [6.45, 7) is 2.08. The Balaban J connectivity index is 1.77. The molecule has 4 heteroatoms. The molecule has 3 nitrogen and oxygen atoms in total. The van der Waals surface area contributed by atoms with Crippen LogP contribution in [0.1, 0.15) is 27.7 Å². The van der Waals surface area contributed by atoms with Crippen molar-refractivity contribution in [1.29, 1.82) is 0 Å². The van der Waals surface area contributed by atoms with Crippen molar-refractivity contribution in [3.8, 4) is 0 Å². The highest BCUT2D eigenvalue weighted by Gasteiger charge is 2.25. The van der Waals surface area contributed by atoms with Gasteiger partial charge >= 0.3 is 0 Å². The minimum Gasteiger partial charge on any atom is -0.383 e. The number of benzene rings is 1. The lowest BCUT2D eigenvalue weighted by atomic mass is 10.1. The average Bonchev–Trinajstić information content (AvgIpc) is 3.01. The third kappa shape index (κ3) is 1.79. The summed E-state index contributed by atoms with van der Waals surface area (Å²) < 4.78 is 0. The molecule has 2 N–H and O–H groups in total. The molecule has 0 bridgehead atoms. The number of fused-ring (bicyclic) bond motifs is 2. The highest BCUT2D eigenvalue weighted by Crippen LogP contribution is 2.35. The van der Waals surface area contributed by atoms with Gasteiger partial charge in [0.05, 0.1) is 5.39 Å². The number of thiophene rings is 1. The predicted octanol–water partition coefficient (Wildman–Crippen LogP) is 3.46. The molecule has 0 spiro atoms. The fourth-order valence-electron chi connectivity index (χ4n) is 3.01. The number of rotatable bonds is 1. The molecule has 2 heterocycles. The van der Waals surface area contributed by atoms with Crippen LogP contribution in [0.25, 0.3) is 10.2 Å². The summed E-state index contributed by atoms with van der Waals surface area (Å²) in [5.74, 6) is 1.87. The van der Waals surface area contributed by atoms with Gasteiger partial charge in [-0.25, -0.2) is 9.97 Å². The fraction of sp³-hybridized carbons (Fsp3) is 0.250. The van der Waals surface area contributed by atoms with Gasteiger partial charge in [0.1, 0.15) is 16.5 Å². The molecule has 1 aromatic carbocycles. The monoisotopic (exact) mass is 281 g/mol. The number of nitrogens with two attached hydrogens (primary N) is 1. The SMILES string of the molecule is Cc1cc2c(N)nc(C3Cc4ccccc4C3)nc2s1. The van der Waals surface area contributed by atoms with Gasteiger partial charge in [0.2, 0.25) is 0 Å². The largest absolute Gasteiger partial charge is 0.383 e. The number of nitrogen functional groups attached to an aromatic ring is 1. The zero-order chi connectivity index (χ0) is 13.7. The first kappa shape index (κ1) is 11.9. The van der Waals surface area contributed by atoms with Crippen LogP contribution >= 0.6 is 11.3 Å². The number of hydrogen-bond donors (Lipinski definition) is 1. The van der Waals surface area contributed by atoms with Gasteiger partial charge in [0.25, 0.3) is 0 Å². The molecule has 0 amide bonds. The van der Waals surface area contributed by atoms with E-state index in [1.165, 1.54) is 16.0 Å². The number of aromatic nitrogens is 2. The molecule has 100 valence electrons. The maximum absolute atomic E-state index is 6.10. The fourth-order valence-corrected chi connectivity index (χ4v) is 3.90. The summed E-state index contributed by atoms with van der Waals surface area (Å²) in [6.07, 6.45) is 2.04. The molecule has 0 saturated heterocycles. The summed E-state index contributed by atoms with van der Waals surface area (Å²) in [7, 11) is 0. The lowest BCUT2D eigenvalue weighted by molar-refractivity contribution is 0.689. The minimum absolute atomic E-state index is 0.363. The lowest BCUT2D eigenvalue weighted by Crippen LogP contribution is -2.06. The third-order valence-corrected chi connectivity index (χ3v) is 4.92. The van der Waals surface area contributed by atoms with Crippen LogP contribution in [0.4, 0.5) is 5.82 Å². The second kappa shape index (κ2) is 4.28. The van der Waals surface area contributed by atoms with E-state index in [2.05, 4.69) is 42.2 Å². The molecule has 0 radical (unpaired) electrons. The number of nitrogens with zero attached hydrogens (tertiary/aromatic N) is 2. The Bertz CT molecular complexity index is 782. The normalized spacial score (nSPS) is 14.8. The number of hydrogen-bond acceptors (Lipinski definition) is 4. The molecule has 0 unspecified atom stereocenters. The van der Waals surface area contributed by atoms with Gasteiger partial charge in [-0.2, -0.15) is 0 Å². The van der Waals surface area contributed by atoms with Gasteiger partial charge in [-0.15, -0.1) is 11.3 Å². The molecule has 1 aliphatic carbocycles. The molecule has 0 aliphatic heterocycles. The standard InChI is InChI=1S/C16H15N3S/c1-9-6-13-14(17)18-15(19-16(13)20-9)12-7-10-4-2-3-5-11(10)8-12/h2-6,12H,7-8H2,1H3,(H2,17,18,19). The van der Waals surface area contributed by atoms with E-state index in [1.54, 1.807) is 11.3 Å². The summed E-state index contributed by atoms with van der Waals surface area (Å²) in [4.78, 5) is 11.5. The van der Waals surface area contributed by atoms with Crippen molar-refractivity contribution in [2.75, 3.05) is 5.73 Å². The Morgan fingerprint density at radius 1 is 1.15 bits per heavy atom. The number of anilines is 1. The van der Waals surface area contributed by atoms with Gasteiger partial charge in [-0.1, -0.05) is 24.3 Å². The first-order valence-corrected chi connectivity index (χ1v) is 7.62. The lowest BCUT2D eigenvalue weighted by Gasteiger charge is -2.08. The summed E-state index contributed by atoms with van der Waals surface area (Å²) in [5.41, 5.74) is 8.94. The molecular formula is C16H15N3S. The molecule has 0 atom stereocenters. The zero-order valence-electron chi connectivity index (χ0n) is 11.3. The van der Waals surface area contributed by atoms with Crippen molar-refractivity contribution in [3.63, 3.8) is 0 Å². The van der Waals surface area contributed by atoms with E-state index >= 15 is 0 Å². The Morgan fingerprint density at radius 2 is 1.85 bits per heavy atom. The summed E-state index contributed by atoms with van der Waals surface area (Å²) in [5, 5.41) is 0.992. The summed E-state index contributed by atoms with van der Waals surface area (Å²) >= 11 is 1.69. The van der Waals surface area contributed by atoms with Crippen molar-refractivity contribution in [2.45, 2.75) is 25.7 Å². The maximum atomic E-state index is 6.10. The van der Waals surface area contributed by atoms with Crippen molar-refractivity contribution < 1.29 is 0 Å². The van der Waals surface area contributed by atoms with Gasteiger partial charge in [0.15, 0.2) is 0 Å². The molecule has 1 aliphatic rings. The van der Waals surface area contributed by atoms with E-state index in [9.17, 15) is 0 Å². The van der Waals surface area contributed by atoms with Crippen LogP contribution in [-0.4, -0.2) is 9.97 Å². The highest BCUT2D eigenvalue weighted by molar-refractivity contribution is 7.18. The van der Waals surface area contributed by atoms with Crippen LogP contribution in [-0.2, 0) is 12.8 Å². The van der Waals surface area contributed by atoms with Gasteiger partial charge in [-0.05, 0) is 37.0 Å². The first-order chi connectivity index (χ1) is 9.70. The van der Waals surface area contributed by atoms with Crippen molar-refractivity contribution in [2.24, 2.45) is 0 Å². The van der Waals surface area contributed by atoms with E-state index in [4.69, 9.17) is 10.7 Å². The van der Waals surface area contributed by atoms with Crippen LogP contribution in [0.5, 0.6) is 0 Å². The van der Waals surface area contributed by atoms with Gasteiger partial charge in [0, 0.05) is 10.8 Å². The van der Waals surface area contributed by atoms with E-state index in [-0.39, 0.29) is 0 Å². The van der Waals surface area contributed by atoms with Crippen LogP contribution in [0.15, 0.2) is 30.3 Å². The van der Waals surface area contributed by atoms with E-state index in [0.29, 0.717) is 11.7 Å². The molecule has 4 rings (SSSR count). The molecule has 3 aromatic rings. The zero-order valence-corrected chi connectivity index (χ0v) is 12.1. The smallest absolute Gasteiger partial charge is 0.136 e. The molecular weight excluding hydrogens is 266 g/mol. The Labute approximate surface area is 121 Å². The quantitative estimate of drug-likeness (QED) is 0.743. The van der Waals surface area contributed by atoms with Gasteiger partial charge < -0.3 is 5.73 Å². The van der Waals surface area contributed by atoms with Gasteiger partial charge in [-0.3, -0.25) is 0 Å². The van der Waals surface area contributed by atoms with Crippen LogP contribution in [0.2, 0.25) is 0 Å². The number of aryl methyl sites for hydroxylation is 1. The van der Waals surface area contributed by atoms with Crippen LogP contribution < -0.4 is 5.73 Å². The first-order valence-electron chi connectivity index (χ1n) is 6.81.